The van der Waals surface area contributed by atoms with Crippen molar-refractivity contribution in [3.8, 4) is 6.07 Å². The number of benzene rings is 2. The van der Waals surface area contributed by atoms with Crippen LogP contribution in [-0.2, 0) is 14.6 Å². The molecule has 0 aromatic heterocycles. The number of amides is 1. The summed E-state index contributed by atoms with van der Waals surface area (Å²) in [4.78, 5) is 12.6. The first-order valence-electron chi connectivity index (χ1n) is 8.40. The maximum absolute atomic E-state index is 12.8. The molecule has 0 spiro atoms. The Kier molecular flexibility index (Phi) is 7.44. The van der Waals surface area contributed by atoms with Crippen LogP contribution in [0.25, 0.3) is 0 Å². The Labute approximate surface area is 175 Å². The second-order valence-corrected chi connectivity index (χ2v) is 8.88. The highest BCUT2D eigenvalue weighted by Crippen LogP contribution is 2.28. The van der Waals surface area contributed by atoms with Gasteiger partial charge in [-0.15, -0.1) is 12.4 Å². The molecule has 1 heterocycles. The first-order chi connectivity index (χ1) is 12.9. The van der Waals surface area contributed by atoms with E-state index in [2.05, 4.69) is 16.7 Å². The van der Waals surface area contributed by atoms with Crippen molar-refractivity contribution in [2.24, 2.45) is 0 Å². The van der Waals surface area contributed by atoms with Gasteiger partial charge >= 0.3 is 0 Å². The molecule has 9 heteroatoms. The zero-order valence-corrected chi connectivity index (χ0v) is 17.1. The van der Waals surface area contributed by atoms with Gasteiger partial charge in [-0.3, -0.25) is 4.79 Å². The lowest BCUT2D eigenvalue weighted by Crippen LogP contribution is -2.41. The molecular weight excluding hydrogens is 421 g/mol. The smallest absolute Gasteiger partial charge is 0.238 e. The lowest BCUT2D eigenvalue weighted by Gasteiger charge is -2.16. The topological polar surface area (TPSA) is 99.1 Å². The maximum atomic E-state index is 12.8. The number of hydrogen-bond acceptors (Lipinski definition) is 5. The van der Waals surface area contributed by atoms with Crippen molar-refractivity contribution in [3.63, 3.8) is 0 Å². The van der Waals surface area contributed by atoms with Crippen LogP contribution in [0, 0.1) is 11.3 Å². The Morgan fingerprint density at radius 3 is 2.46 bits per heavy atom. The van der Waals surface area contributed by atoms with Crippen molar-refractivity contribution >= 4 is 39.8 Å². The number of rotatable bonds is 5. The summed E-state index contributed by atoms with van der Waals surface area (Å²) in [5, 5.41) is 14.3. The fourth-order valence-electron chi connectivity index (χ4n) is 3.07. The maximum Gasteiger partial charge on any atom is 0.238 e. The molecule has 1 aliphatic heterocycles. The molecule has 28 heavy (non-hydrogen) atoms. The highest BCUT2D eigenvalue weighted by atomic mass is 35.5. The number of hydrogen-bond donors (Lipinski definition) is 2. The zero-order valence-electron chi connectivity index (χ0n) is 14.7. The number of carbonyl (C=O) groups is 1. The van der Waals surface area contributed by atoms with Crippen molar-refractivity contribution < 1.29 is 13.2 Å². The summed E-state index contributed by atoms with van der Waals surface area (Å²) in [5.41, 5.74) is 0.673. The minimum atomic E-state index is -3.66. The van der Waals surface area contributed by atoms with E-state index >= 15 is 0 Å². The molecule has 0 aliphatic carbocycles. The average Bonchev–Trinajstić information content (AvgIpc) is 3.18. The summed E-state index contributed by atoms with van der Waals surface area (Å²) in [6.45, 7) is 0.147. The summed E-state index contributed by atoms with van der Waals surface area (Å²) in [5.74, 6) is -0.401. The van der Waals surface area contributed by atoms with E-state index in [-0.39, 0.29) is 35.3 Å². The lowest BCUT2D eigenvalue weighted by molar-refractivity contribution is -0.123. The van der Waals surface area contributed by atoms with Gasteiger partial charge in [0.1, 0.15) is 6.04 Å². The predicted molar refractivity (Wildman–Crippen MR) is 109 cm³/mol. The van der Waals surface area contributed by atoms with Crippen LogP contribution in [0.2, 0.25) is 5.02 Å². The molecule has 2 N–H and O–H groups in total. The van der Waals surface area contributed by atoms with Crippen LogP contribution in [0.1, 0.15) is 18.0 Å². The summed E-state index contributed by atoms with van der Waals surface area (Å²) in [7, 11) is -3.66. The van der Waals surface area contributed by atoms with Gasteiger partial charge in [0.25, 0.3) is 0 Å². The summed E-state index contributed by atoms with van der Waals surface area (Å²) in [6, 6.07) is 15.7. The third kappa shape index (κ3) is 4.65. The van der Waals surface area contributed by atoms with Gasteiger partial charge in [0.2, 0.25) is 5.91 Å². The van der Waals surface area contributed by atoms with E-state index in [9.17, 15) is 18.5 Å². The van der Waals surface area contributed by atoms with E-state index in [1.165, 1.54) is 12.1 Å². The Morgan fingerprint density at radius 1 is 1.18 bits per heavy atom. The van der Waals surface area contributed by atoms with Gasteiger partial charge in [-0.1, -0.05) is 54.1 Å². The van der Waals surface area contributed by atoms with E-state index in [0.29, 0.717) is 5.56 Å². The number of sulfone groups is 1. The van der Waals surface area contributed by atoms with Crippen LogP contribution < -0.4 is 10.6 Å². The molecule has 0 bridgehead atoms. The fourth-order valence-corrected chi connectivity index (χ4v) is 5.26. The van der Waals surface area contributed by atoms with Gasteiger partial charge in [-0.2, -0.15) is 5.26 Å². The molecule has 3 rings (SSSR count). The third-order valence-corrected chi connectivity index (χ3v) is 7.19. The predicted octanol–water partition coefficient (Wildman–Crippen LogP) is 2.65. The molecular formula is C19H19Cl2N3O3S. The molecule has 2 aromatic rings. The highest BCUT2D eigenvalue weighted by Gasteiger charge is 2.39. The number of nitriles is 1. The highest BCUT2D eigenvalue weighted by molar-refractivity contribution is 7.92. The van der Waals surface area contributed by atoms with Crippen LogP contribution in [0.4, 0.5) is 0 Å². The minimum Gasteiger partial charge on any atom is -0.335 e. The Balaban J connectivity index is 0.00000280. The Bertz CT molecular complexity index is 977. The summed E-state index contributed by atoms with van der Waals surface area (Å²) >= 11 is 6.03. The zero-order chi connectivity index (χ0) is 19.4. The van der Waals surface area contributed by atoms with Crippen molar-refractivity contribution in [3.05, 3.63) is 65.2 Å². The standard InChI is InChI=1S/C19H18ClN3O3S.ClH/c20-15-8-4-5-9-18(15)27(25,26)14-10-16(22-12-14)19(24)23-17(11-21)13-6-2-1-3-7-13;/h1-9,14,16-17,22H,10,12H2,(H,23,24);1H/t14-,16+,17?;/m1./s1. The third-order valence-electron chi connectivity index (χ3n) is 4.54. The molecule has 1 amide bonds. The van der Waals surface area contributed by atoms with Gasteiger partial charge in [-0.05, 0) is 24.1 Å². The van der Waals surface area contributed by atoms with Gasteiger partial charge < -0.3 is 10.6 Å². The van der Waals surface area contributed by atoms with Crippen molar-refractivity contribution in [1.82, 2.24) is 10.6 Å². The van der Waals surface area contributed by atoms with E-state index in [1.807, 2.05) is 6.07 Å². The van der Waals surface area contributed by atoms with Crippen molar-refractivity contribution in [1.29, 1.82) is 5.26 Å². The minimum absolute atomic E-state index is 0. The Hall–Kier alpha value is -2.11. The quantitative estimate of drug-likeness (QED) is 0.745. The molecule has 1 saturated heterocycles. The first-order valence-corrected chi connectivity index (χ1v) is 10.3. The fraction of sp³-hybridized carbons (Fsp3) is 0.263. The number of carbonyl (C=O) groups excluding carboxylic acids is 1. The second kappa shape index (κ2) is 9.39. The van der Waals surface area contributed by atoms with Gasteiger partial charge in [0.05, 0.1) is 27.3 Å². The molecule has 0 radical (unpaired) electrons. The molecule has 148 valence electrons. The molecule has 1 unspecified atom stereocenters. The molecule has 0 saturated carbocycles. The molecule has 6 nitrogen and oxygen atoms in total. The number of nitrogens with zero attached hydrogens (tertiary/aromatic N) is 1. The van der Waals surface area contributed by atoms with Crippen LogP contribution in [0.15, 0.2) is 59.5 Å². The molecule has 1 aliphatic rings. The lowest BCUT2D eigenvalue weighted by atomic mass is 10.1. The average molecular weight is 440 g/mol. The molecule has 3 atom stereocenters. The SMILES string of the molecule is Cl.N#CC(NC(=O)[C@@H]1C[C@@H](S(=O)(=O)c2ccccc2Cl)CN1)c1ccccc1. The molecule has 2 aromatic carbocycles. The largest absolute Gasteiger partial charge is 0.335 e. The van der Waals surface area contributed by atoms with Crippen LogP contribution in [-0.4, -0.2) is 32.2 Å². The monoisotopic (exact) mass is 439 g/mol. The van der Waals surface area contributed by atoms with Gasteiger partial charge in [-0.25, -0.2) is 8.42 Å². The van der Waals surface area contributed by atoms with Crippen LogP contribution in [0.3, 0.4) is 0 Å². The Morgan fingerprint density at radius 2 is 1.82 bits per heavy atom. The van der Waals surface area contributed by atoms with Crippen LogP contribution in [0.5, 0.6) is 0 Å². The van der Waals surface area contributed by atoms with Gasteiger partial charge in [0.15, 0.2) is 9.84 Å². The summed E-state index contributed by atoms with van der Waals surface area (Å²) < 4.78 is 25.6. The van der Waals surface area contributed by atoms with Crippen molar-refractivity contribution in [2.45, 2.75) is 28.6 Å². The van der Waals surface area contributed by atoms with Crippen LogP contribution >= 0.6 is 24.0 Å². The first kappa shape index (κ1) is 22.2. The van der Waals surface area contributed by atoms with Gasteiger partial charge in [0, 0.05) is 6.54 Å². The van der Waals surface area contributed by atoms with E-state index in [1.54, 1.807) is 36.4 Å². The normalized spacial score (nSPS) is 19.9. The van der Waals surface area contributed by atoms with E-state index in [4.69, 9.17) is 11.6 Å². The molecule has 1 fully saturated rings. The summed E-state index contributed by atoms with van der Waals surface area (Å²) in [6.07, 6.45) is 0.117. The second-order valence-electron chi connectivity index (χ2n) is 6.28. The van der Waals surface area contributed by atoms with E-state index < -0.39 is 33.1 Å². The van der Waals surface area contributed by atoms with Crippen molar-refractivity contribution in [2.75, 3.05) is 6.54 Å². The number of nitrogens with one attached hydrogen (secondary N) is 2. The van der Waals surface area contributed by atoms with E-state index in [0.717, 1.165) is 0 Å². The number of halogens is 2.